The van der Waals surface area contributed by atoms with Crippen molar-refractivity contribution >= 4 is 28.3 Å². The van der Waals surface area contributed by atoms with Gasteiger partial charge in [-0.3, -0.25) is 0 Å². The lowest BCUT2D eigenvalue weighted by molar-refractivity contribution is 0.0496. The summed E-state index contributed by atoms with van der Waals surface area (Å²) in [6.45, 7) is 4.17. The maximum absolute atomic E-state index is 6.12. The number of rotatable bonds is 3. The lowest BCUT2D eigenvalue weighted by atomic mass is 9.95. The van der Waals surface area contributed by atoms with Crippen molar-refractivity contribution in [1.29, 1.82) is 0 Å². The summed E-state index contributed by atoms with van der Waals surface area (Å²) < 4.78 is 5.60. The van der Waals surface area contributed by atoms with Crippen LogP contribution in [0.4, 0.5) is 5.82 Å². The van der Waals surface area contributed by atoms with Crippen LogP contribution in [0, 0.1) is 5.92 Å². The van der Waals surface area contributed by atoms with E-state index in [2.05, 4.69) is 30.0 Å². The summed E-state index contributed by atoms with van der Waals surface area (Å²) in [6.07, 6.45) is 1.40. The molecule has 1 saturated heterocycles. The van der Waals surface area contributed by atoms with Crippen molar-refractivity contribution in [2.24, 2.45) is 5.92 Å². The molecule has 2 heterocycles. The Kier molecular flexibility index (Phi) is 4.32. The molecule has 1 fully saturated rings. The van der Waals surface area contributed by atoms with Crippen molar-refractivity contribution in [3.05, 3.63) is 35.9 Å². The maximum atomic E-state index is 6.12. The third kappa shape index (κ3) is 2.85. The van der Waals surface area contributed by atoms with Gasteiger partial charge >= 0.3 is 0 Å². The Morgan fingerprint density at radius 3 is 2.95 bits per heavy atom. The minimum atomic E-state index is 0.270. The predicted octanol–water partition coefficient (Wildman–Crippen LogP) is 3.83. The number of benzene rings is 1. The molecule has 0 saturated carbocycles. The molecule has 0 aliphatic carbocycles. The zero-order valence-electron chi connectivity index (χ0n) is 12.6. The molecule has 0 amide bonds. The van der Waals surface area contributed by atoms with E-state index in [0.717, 1.165) is 41.8 Å². The van der Waals surface area contributed by atoms with Gasteiger partial charge in [0.25, 0.3) is 0 Å². The summed E-state index contributed by atoms with van der Waals surface area (Å²) in [4.78, 5) is 7.13. The van der Waals surface area contributed by atoms with Crippen LogP contribution in [0.2, 0.25) is 0 Å². The first kappa shape index (κ1) is 14.6. The lowest BCUT2D eigenvalue weighted by Crippen LogP contribution is -2.44. The highest BCUT2D eigenvalue weighted by Crippen LogP contribution is 2.28. The molecule has 1 aliphatic rings. The molecule has 1 aromatic heterocycles. The fraction of sp³-hybridized carbons (Fsp3) is 0.471. The molecule has 2 aromatic rings. The lowest BCUT2D eigenvalue weighted by Gasteiger charge is -2.37. The summed E-state index contributed by atoms with van der Waals surface area (Å²) >= 11 is 6.12. The second-order valence-corrected chi connectivity index (χ2v) is 6.04. The van der Waals surface area contributed by atoms with E-state index in [-0.39, 0.29) is 6.10 Å². The Morgan fingerprint density at radius 1 is 1.38 bits per heavy atom. The average molecular weight is 305 g/mol. The number of halogens is 1. The third-order valence-electron chi connectivity index (χ3n) is 4.45. The van der Waals surface area contributed by atoms with Crippen LogP contribution in [0.5, 0.6) is 0 Å². The van der Waals surface area contributed by atoms with Gasteiger partial charge in [0.1, 0.15) is 5.82 Å². The molecular formula is C17H21ClN2O. The van der Waals surface area contributed by atoms with Crippen LogP contribution in [-0.4, -0.2) is 31.3 Å². The number of hydrogen-bond acceptors (Lipinski definition) is 3. The number of pyridine rings is 1. The number of alkyl halides is 1. The molecule has 0 bridgehead atoms. The van der Waals surface area contributed by atoms with Crippen LogP contribution >= 0.6 is 11.6 Å². The first-order valence-corrected chi connectivity index (χ1v) is 7.98. The van der Waals surface area contributed by atoms with Crippen LogP contribution in [0.1, 0.15) is 18.9 Å². The first-order chi connectivity index (χ1) is 10.2. The Hall–Kier alpha value is -1.32. The van der Waals surface area contributed by atoms with Crippen LogP contribution in [-0.2, 0) is 10.6 Å². The fourth-order valence-electron chi connectivity index (χ4n) is 3.05. The van der Waals surface area contributed by atoms with Gasteiger partial charge in [0.05, 0.1) is 11.6 Å². The number of nitrogens with zero attached hydrogens (tertiary/aromatic N) is 2. The average Bonchev–Trinajstić information content (AvgIpc) is 2.54. The van der Waals surface area contributed by atoms with Crippen LogP contribution in [0.25, 0.3) is 10.9 Å². The minimum Gasteiger partial charge on any atom is -0.379 e. The van der Waals surface area contributed by atoms with E-state index in [1.54, 1.807) is 7.11 Å². The van der Waals surface area contributed by atoms with E-state index in [1.807, 2.05) is 12.1 Å². The summed E-state index contributed by atoms with van der Waals surface area (Å²) in [7, 11) is 1.79. The molecule has 1 aliphatic heterocycles. The molecule has 3 rings (SSSR count). The SMILES string of the molecule is COC1CN(c2cc(CCl)c3ccccc3n2)CCC1C. The molecule has 0 spiro atoms. The molecule has 0 radical (unpaired) electrons. The van der Waals surface area contributed by atoms with Gasteiger partial charge in [0, 0.05) is 31.5 Å². The standard InChI is InChI=1S/C17H21ClN2O/c1-12-7-8-20(11-16(12)21-2)17-9-13(10-18)14-5-3-4-6-15(14)19-17/h3-6,9,12,16H,7-8,10-11H2,1-2H3. The Morgan fingerprint density at radius 2 is 2.19 bits per heavy atom. The second kappa shape index (κ2) is 6.20. The molecule has 112 valence electrons. The topological polar surface area (TPSA) is 25.4 Å². The van der Waals surface area contributed by atoms with Crippen LogP contribution in [0.15, 0.2) is 30.3 Å². The van der Waals surface area contributed by atoms with E-state index in [9.17, 15) is 0 Å². The summed E-state index contributed by atoms with van der Waals surface area (Å²) in [5.41, 5.74) is 2.16. The van der Waals surface area contributed by atoms with E-state index in [1.165, 1.54) is 0 Å². The van der Waals surface area contributed by atoms with Crippen molar-refractivity contribution < 1.29 is 4.74 Å². The molecule has 1 aromatic carbocycles. The van der Waals surface area contributed by atoms with Gasteiger partial charge in [-0.25, -0.2) is 4.98 Å². The number of fused-ring (bicyclic) bond motifs is 1. The predicted molar refractivity (Wildman–Crippen MR) is 88.1 cm³/mol. The highest BCUT2D eigenvalue weighted by atomic mass is 35.5. The van der Waals surface area contributed by atoms with Gasteiger partial charge in [-0.2, -0.15) is 0 Å². The van der Waals surface area contributed by atoms with E-state index < -0.39 is 0 Å². The molecular weight excluding hydrogens is 284 g/mol. The minimum absolute atomic E-state index is 0.270. The van der Waals surface area contributed by atoms with Crippen LogP contribution in [0.3, 0.4) is 0 Å². The highest BCUT2D eigenvalue weighted by molar-refractivity contribution is 6.18. The monoisotopic (exact) mass is 304 g/mol. The van der Waals surface area contributed by atoms with Gasteiger partial charge in [0.15, 0.2) is 0 Å². The smallest absolute Gasteiger partial charge is 0.129 e. The van der Waals surface area contributed by atoms with E-state index in [4.69, 9.17) is 21.3 Å². The Balaban J connectivity index is 1.97. The summed E-state index contributed by atoms with van der Waals surface area (Å²) in [6, 6.07) is 10.3. The maximum Gasteiger partial charge on any atom is 0.129 e. The molecule has 21 heavy (non-hydrogen) atoms. The van der Waals surface area contributed by atoms with Crippen LogP contribution < -0.4 is 4.90 Å². The van der Waals surface area contributed by atoms with Gasteiger partial charge in [-0.05, 0) is 30.0 Å². The van der Waals surface area contributed by atoms with Gasteiger partial charge < -0.3 is 9.64 Å². The normalized spacial score (nSPS) is 22.7. The van der Waals surface area contributed by atoms with Crippen molar-refractivity contribution in [2.75, 3.05) is 25.1 Å². The highest BCUT2D eigenvalue weighted by Gasteiger charge is 2.27. The number of methoxy groups -OCH3 is 1. The fourth-order valence-corrected chi connectivity index (χ4v) is 3.27. The van der Waals surface area contributed by atoms with Crippen molar-refractivity contribution in [1.82, 2.24) is 4.98 Å². The quantitative estimate of drug-likeness (QED) is 0.806. The number of para-hydroxylation sites is 1. The van der Waals surface area contributed by atoms with Gasteiger partial charge in [-0.1, -0.05) is 25.1 Å². The van der Waals surface area contributed by atoms with Gasteiger partial charge in [0.2, 0.25) is 0 Å². The molecule has 2 atom stereocenters. The number of aromatic nitrogens is 1. The van der Waals surface area contributed by atoms with Crippen molar-refractivity contribution in [3.8, 4) is 0 Å². The third-order valence-corrected chi connectivity index (χ3v) is 4.74. The number of anilines is 1. The van der Waals surface area contributed by atoms with Gasteiger partial charge in [-0.15, -0.1) is 11.6 Å². The number of ether oxygens (including phenoxy) is 1. The number of hydrogen-bond donors (Lipinski definition) is 0. The molecule has 4 heteroatoms. The molecule has 2 unspecified atom stereocenters. The van der Waals surface area contributed by atoms with E-state index >= 15 is 0 Å². The van der Waals surface area contributed by atoms with E-state index in [0.29, 0.717) is 11.8 Å². The molecule has 3 nitrogen and oxygen atoms in total. The van der Waals surface area contributed by atoms with Crippen molar-refractivity contribution in [3.63, 3.8) is 0 Å². The Bertz CT molecular complexity index is 631. The second-order valence-electron chi connectivity index (χ2n) is 5.78. The Labute approximate surface area is 130 Å². The number of piperidine rings is 1. The molecule has 0 N–H and O–H groups in total. The largest absolute Gasteiger partial charge is 0.379 e. The first-order valence-electron chi connectivity index (χ1n) is 7.45. The zero-order valence-corrected chi connectivity index (χ0v) is 13.3. The zero-order chi connectivity index (χ0) is 14.8. The summed E-state index contributed by atoms with van der Waals surface area (Å²) in [5, 5.41) is 1.14. The summed E-state index contributed by atoms with van der Waals surface area (Å²) in [5.74, 6) is 2.12. The van der Waals surface area contributed by atoms with Crippen molar-refractivity contribution in [2.45, 2.75) is 25.3 Å².